The number of hydrogen-bond donors (Lipinski definition) is 1. The zero-order chi connectivity index (χ0) is 10.6. The number of alkyl halides is 2. The van der Waals surface area contributed by atoms with Crippen LogP contribution in [0, 0.1) is 5.82 Å². The third-order valence-corrected chi connectivity index (χ3v) is 1.61. The summed E-state index contributed by atoms with van der Waals surface area (Å²) in [5.41, 5.74) is 5.67. The highest BCUT2D eigenvalue weighted by Crippen LogP contribution is 2.19. The van der Waals surface area contributed by atoms with Gasteiger partial charge in [0.2, 0.25) is 0 Å². The van der Waals surface area contributed by atoms with Gasteiger partial charge in [0.15, 0.2) is 0 Å². The average Bonchev–Trinajstić information content (AvgIpc) is 2.15. The maximum Gasteiger partial charge on any atom is 0.272 e. The molecule has 0 spiro atoms. The fourth-order valence-electron chi connectivity index (χ4n) is 1.00. The molecule has 0 radical (unpaired) electrons. The molecular formula is C9H10F3NO. The number of ether oxygens (including phenoxy) is 1. The summed E-state index contributed by atoms with van der Waals surface area (Å²) >= 11 is 0. The van der Waals surface area contributed by atoms with E-state index in [0.717, 1.165) is 6.07 Å². The molecule has 1 aromatic carbocycles. The molecule has 2 nitrogen and oxygen atoms in total. The van der Waals surface area contributed by atoms with Crippen LogP contribution in [0.5, 0.6) is 5.75 Å². The van der Waals surface area contributed by atoms with E-state index >= 15 is 0 Å². The topological polar surface area (TPSA) is 35.2 Å². The highest BCUT2D eigenvalue weighted by Gasteiger charge is 2.07. The second-order valence-electron chi connectivity index (χ2n) is 2.66. The number of benzene rings is 1. The first kappa shape index (κ1) is 10.8. The molecule has 0 heterocycles. The highest BCUT2D eigenvalue weighted by atomic mass is 19.3. The number of halogens is 3. The minimum atomic E-state index is -2.55. The van der Waals surface area contributed by atoms with Crippen molar-refractivity contribution in [3.8, 4) is 5.75 Å². The standard InChI is InChI=1S/C9H10F3NO/c10-7-1-2-8(6(3-7)4-13)14-5-9(11)12/h1-3,9H,4-5,13H2. The first-order valence-corrected chi connectivity index (χ1v) is 4.03. The van der Waals surface area contributed by atoms with Gasteiger partial charge in [-0.25, -0.2) is 13.2 Å². The van der Waals surface area contributed by atoms with E-state index in [4.69, 9.17) is 10.5 Å². The second-order valence-corrected chi connectivity index (χ2v) is 2.66. The van der Waals surface area contributed by atoms with Crippen LogP contribution in [0.1, 0.15) is 5.56 Å². The van der Waals surface area contributed by atoms with E-state index in [1.807, 2.05) is 0 Å². The summed E-state index contributed by atoms with van der Waals surface area (Å²) in [5.74, 6) is -0.260. The van der Waals surface area contributed by atoms with Crippen LogP contribution in [0.3, 0.4) is 0 Å². The Morgan fingerprint density at radius 2 is 2.07 bits per heavy atom. The molecule has 0 saturated carbocycles. The average molecular weight is 205 g/mol. The molecule has 5 heteroatoms. The molecule has 0 bridgehead atoms. The lowest BCUT2D eigenvalue weighted by Crippen LogP contribution is -2.09. The molecule has 0 aliphatic rings. The molecular weight excluding hydrogens is 195 g/mol. The molecule has 0 aromatic heterocycles. The van der Waals surface area contributed by atoms with Gasteiger partial charge in [0.1, 0.15) is 18.2 Å². The normalized spacial score (nSPS) is 10.6. The molecule has 1 aromatic rings. The van der Waals surface area contributed by atoms with Crippen LogP contribution in [0.15, 0.2) is 18.2 Å². The fraction of sp³-hybridized carbons (Fsp3) is 0.333. The van der Waals surface area contributed by atoms with Crippen LogP contribution in [-0.4, -0.2) is 13.0 Å². The van der Waals surface area contributed by atoms with Crippen LogP contribution < -0.4 is 10.5 Å². The Bertz CT molecular complexity index is 304. The molecule has 0 unspecified atom stereocenters. The van der Waals surface area contributed by atoms with Gasteiger partial charge < -0.3 is 10.5 Å². The molecule has 0 amide bonds. The Morgan fingerprint density at radius 1 is 1.36 bits per heavy atom. The van der Waals surface area contributed by atoms with Crippen LogP contribution >= 0.6 is 0 Å². The minimum Gasteiger partial charge on any atom is -0.487 e. The van der Waals surface area contributed by atoms with Gasteiger partial charge in [-0.2, -0.15) is 0 Å². The van der Waals surface area contributed by atoms with Crippen molar-refractivity contribution in [3.63, 3.8) is 0 Å². The molecule has 0 aliphatic heterocycles. The van der Waals surface area contributed by atoms with E-state index in [9.17, 15) is 13.2 Å². The zero-order valence-electron chi connectivity index (χ0n) is 7.34. The Kier molecular flexibility index (Phi) is 3.76. The smallest absolute Gasteiger partial charge is 0.272 e. The van der Waals surface area contributed by atoms with Gasteiger partial charge >= 0.3 is 0 Å². The quantitative estimate of drug-likeness (QED) is 0.815. The van der Waals surface area contributed by atoms with Gasteiger partial charge in [0.05, 0.1) is 0 Å². The summed E-state index contributed by atoms with van der Waals surface area (Å²) < 4.78 is 41.0. The maximum atomic E-state index is 12.7. The van der Waals surface area contributed by atoms with E-state index in [1.54, 1.807) is 0 Å². The molecule has 0 atom stereocenters. The van der Waals surface area contributed by atoms with Crippen molar-refractivity contribution < 1.29 is 17.9 Å². The summed E-state index contributed by atoms with van der Waals surface area (Å²) in [6.07, 6.45) is -2.55. The number of nitrogens with two attached hydrogens (primary N) is 1. The van der Waals surface area contributed by atoms with Crippen molar-refractivity contribution in [2.45, 2.75) is 13.0 Å². The van der Waals surface area contributed by atoms with Gasteiger partial charge in [-0.3, -0.25) is 0 Å². The molecule has 2 N–H and O–H groups in total. The van der Waals surface area contributed by atoms with Crippen molar-refractivity contribution in [1.82, 2.24) is 0 Å². The minimum absolute atomic E-state index is 0.0519. The summed E-state index contributed by atoms with van der Waals surface area (Å²) in [6.45, 7) is -0.658. The summed E-state index contributed by atoms with van der Waals surface area (Å²) in [6, 6.07) is 3.60. The molecule has 1 rings (SSSR count). The van der Waals surface area contributed by atoms with Gasteiger partial charge in [-0.05, 0) is 18.2 Å². The summed E-state index contributed by atoms with van der Waals surface area (Å²) in [7, 11) is 0. The van der Waals surface area contributed by atoms with Gasteiger partial charge in [-0.1, -0.05) is 0 Å². The molecule has 0 aliphatic carbocycles. The van der Waals surface area contributed by atoms with Crippen molar-refractivity contribution in [3.05, 3.63) is 29.6 Å². The molecule has 14 heavy (non-hydrogen) atoms. The first-order valence-electron chi connectivity index (χ1n) is 4.03. The van der Waals surface area contributed by atoms with Crippen molar-refractivity contribution in [2.75, 3.05) is 6.61 Å². The van der Waals surface area contributed by atoms with Crippen LogP contribution in [0.4, 0.5) is 13.2 Å². The van der Waals surface area contributed by atoms with Crippen molar-refractivity contribution >= 4 is 0 Å². The Hall–Kier alpha value is -1.23. The van der Waals surface area contributed by atoms with E-state index in [2.05, 4.69) is 0 Å². The SMILES string of the molecule is NCc1cc(F)ccc1OCC(F)F. The Morgan fingerprint density at radius 3 is 2.64 bits per heavy atom. The van der Waals surface area contributed by atoms with E-state index in [0.29, 0.717) is 5.56 Å². The summed E-state index contributed by atoms with van der Waals surface area (Å²) in [5, 5.41) is 0. The molecule has 0 saturated heterocycles. The lowest BCUT2D eigenvalue weighted by atomic mass is 10.2. The highest BCUT2D eigenvalue weighted by molar-refractivity contribution is 5.33. The Labute approximate surface area is 79.5 Å². The lowest BCUT2D eigenvalue weighted by molar-refractivity contribution is 0.0814. The van der Waals surface area contributed by atoms with E-state index in [1.165, 1.54) is 12.1 Å². The van der Waals surface area contributed by atoms with Crippen molar-refractivity contribution in [1.29, 1.82) is 0 Å². The monoisotopic (exact) mass is 205 g/mol. The van der Waals surface area contributed by atoms with Gasteiger partial charge in [0.25, 0.3) is 6.43 Å². The van der Waals surface area contributed by atoms with Crippen LogP contribution in [-0.2, 0) is 6.54 Å². The van der Waals surface area contributed by atoms with Crippen molar-refractivity contribution in [2.24, 2.45) is 5.73 Å². The van der Waals surface area contributed by atoms with Crippen LogP contribution in [0.25, 0.3) is 0 Å². The first-order chi connectivity index (χ1) is 6.63. The predicted octanol–water partition coefficient (Wildman–Crippen LogP) is 1.93. The van der Waals surface area contributed by atoms with Gasteiger partial charge in [0, 0.05) is 12.1 Å². The van der Waals surface area contributed by atoms with Crippen LogP contribution in [0.2, 0.25) is 0 Å². The number of rotatable bonds is 4. The predicted molar refractivity (Wildman–Crippen MR) is 45.8 cm³/mol. The van der Waals surface area contributed by atoms with E-state index in [-0.39, 0.29) is 12.3 Å². The Balaban J connectivity index is 2.75. The lowest BCUT2D eigenvalue weighted by Gasteiger charge is -2.09. The third-order valence-electron chi connectivity index (χ3n) is 1.61. The fourth-order valence-corrected chi connectivity index (χ4v) is 1.00. The number of hydrogen-bond acceptors (Lipinski definition) is 2. The molecule has 0 fully saturated rings. The maximum absolute atomic E-state index is 12.7. The second kappa shape index (κ2) is 4.85. The summed E-state index contributed by atoms with van der Waals surface area (Å²) in [4.78, 5) is 0. The largest absolute Gasteiger partial charge is 0.487 e. The van der Waals surface area contributed by atoms with E-state index < -0.39 is 18.8 Å². The third kappa shape index (κ3) is 2.92. The molecule has 78 valence electrons. The zero-order valence-corrected chi connectivity index (χ0v) is 7.34. The van der Waals surface area contributed by atoms with Gasteiger partial charge in [-0.15, -0.1) is 0 Å².